The van der Waals surface area contributed by atoms with Gasteiger partial charge in [0.2, 0.25) is 0 Å². The summed E-state index contributed by atoms with van der Waals surface area (Å²) in [5.41, 5.74) is 0.267. The zero-order valence-electron chi connectivity index (χ0n) is 7.60. The molecular weight excluding hydrogens is 154 g/mol. The van der Waals surface area contributed by atoms with E-state index in [9.17, 15) is 4.79 Å². The largest absolute Gasteiger partial charge is 0.481 e. The number of carboxylic acids is 1. The predicted molar refractivity (Wildman–Crippen MR) is 47.1 cm³/mol. The van der Waals surface area contributed by atoms with E-state index in [2.05, 4.69) is 12.2 Å². The van der Waals surface area contributed by atoms with Crippen LogP contribution in [0.15, 0.2) is 0 Å². The molecule has 2 N–H and O–H groups in total. The van der Waals surface area contributed by atoms with Crippen LogP contribution in [0.3, 0.4) is 0 Å². The molecule has 0 aromatic carbocycles. The Hall–Kier alpha value is -0.570. The van der Waals surface area contributed by atoms with E-state index in [1.54, 1.807) is 0 Å². The van der Waals surface area contributed by atoms with Crippen LogP contribution in [0.2, 0.25) is 0 Å². The minimum Gasteiger partial charge on any atom is -0.481 e. The van der Waals surface area contributed by atoms with Gasteiger partial charge in [-0.25, -0.2) is 0 Å². The third kappa shape index (κ3) is 2.81. The minimum atomic E-state index is -0.672. The summed E-state index contributed by atoms with van der Waals surface area (Å²) in [5, 5.41) is 11.8. The molecule has 1 heterocycles. The average Bonchev–Trinajstić information content (AvgIpc) is 2.03. The lowest BCUT2D eigenvalue weighted by Crippen LogP contribution is -2.35. The van der Waals surface area contributed by atoms with Crippen molar-refractivity contribution in [2.24, 2.45) is 5.41 Å². The lowest BCUT2D eigenvalue weighted by atomic mass is 9.77. The Labute approximate surface area is 73.2 Å². The van der Waals surface area contributed by atoms with Gasteiger partial charge in [0, 0.05) is 6.42 Å². The average molecular weight is 171 g/mol. The molecule has 3 nitrogen and oxygen atoms in total. The summed E-state index contributed by atoms with van der Waals surface area (Å²) in [6, 6.07) is 0. The summed E-state index contributed by atoms with van der Waals surface area (Å²) in [6.07, 6.45) is 3.36. The van der Waals surface area contributed by atoms with E-state index in [-0.39, 0.29) is 5.41 Å². The van der Waals surface area contributed by atoms with Crippen molar-refractivity contribution in [2.45, 2.75) is 32.6 Å². The molecule has 0 unspecified atom stereocenters. The van der Waals surface area contributed by atoms with E-state index in [0.29, 0.717) is 6.42 Å². The summed E-state index contributed by atoms with van der Waals surface area (Å²) >= 11 is 0. The van der Waals surface area contributed by atoms with E-state index in [4.69, 9.17) is 5.11 Å². The van der Waals surface area contributed by atoms with Crippen molar-refractivity contribution in [2.75, 3.05) is 13.1 Å². The third-order valence-electron chi connectivity index (χ3n) is 2.75. The van der Waals surface area contributed by atoms with E-state index in [1.165, 1.54) is 0 Å². The van der Waals surface area contributed by atoms with Gasteiger partial charge >= 0.3 is 5.97 Å². The molecule has 0 atom stereocenters. The molecule has 0 aliphatic carbocycles. The molecule has 1 rings (SSSR count). The van der Waals surface area contributed by atoms with Crippen molar-refractivity contribution in [1.29, 1.82) is 0 Å². The molecule has 0 radical (unpaired) electrons. The monoisotopic (exact) mass is 171 g/mol. The second-order valence-corrected chi connectivity index (χ2v) is 3.95. The van der Waals surface area contributed by atoms with Crippen molar-refractivity contribution < 1.29 is 9.90 Å². The highest BCUT2D eigenvalue weighted by Crippen LogP contribution is 2.32. The molecule has 0 aromatic rings. The van der Waals surface area contributed by atoms with Crippen LogP contribution < -0.4 is 5.32 Å². The molecular formula is C9H17NO2. The molecule has 12 heavy (non-hydrogen) atoms. The third-order valence-corrected chi connectivity index (χ3v) is 2.75. The molecule has 0 bridgehead atoms. The Kier molecular flexibility index (Phi) is 3.09. The molecule has 1 fully saturated rings. The fraction of sp³-hybridized carbons (Fsp3) is 0.889. The lowest BCUT2D eigenvalue weighted by molar-refractivity contribution is -0.137. The Morgan fingerprint density at radius 2 is 2.08 bits per heavy atom. The second kappa shape index (κ2) is 3.90. The van der Waals surface area contributed by atoms with Crippen molar-refractivity contribution in [3.05, 3.63) is 0 Å². The number of carbonyl (C=O) groups is 1. The summed E-state index contributed by atoms with van der Waals surface area (Å²) in [5.74, 6) is -0.672. The van der Waals surface area contributed by atoms with Crippen LogP contribution in [0.5, 0.6) is 0 Å². The van der Waals surface area contributed by atoms with Crippen LogP contribution >= 0.6 is 0 Å². The Balaban J connectivity index is 2.31. The molecule has 0 saturated carbocycles. The molecule has 70 valence electrons. The van der Waals surface area contributed by atoms with Crippen molar-refractivity contribution in [3.63, 3.8) is 0 Å². The number of nitrogens with one attached hydrogen (secondary N) is 1. The number of rotatable bonds is 3. The smallest absolute Gasteiger partial charge is 0.303 e. The summed E-state index contributed by atoms with van der Waals surface area (Å²) in [6.45, 7) is 4.27. The van der Waals surface area contributed by atoms with Gasteiger partial charge in [-0.15, -0.1) is 0 Å². The Morgan fingerprint density at radius 3 is 2.58 bits per heavy atom. The number of carboxylic acid groups (broad SMARTS) is 1. The van der Waals surface area contributed by atoms with Crippen molar-refractivity contribution in [1.82, 2.24) is 5.32 Å². The van der Waals surface area contributed by atoms with Gasteiger partial charge < -0.3 is 10.4 Å². The van der Waals surface area contributed by atoms with Crippen LogP contribution in [0.1, 0.15) is 32.6 Å². The Morgan fingerprint density at radius 1 is 1.50 bits per heavy atom. The standard InChI is InChI=1S/C9H17NO2/c1-9(3-2-8(11)12)4-6-10-7-5-9/h10H,2-7H2,1H3,(H,11,12). The highest BCUT2D eigenvalue weighted by atomic mass is 16.4. The van der Waals surface area contributed by atoms with Crippen LogP contribution in [-0.4, -0.2) is 24.2 Å². The first-order chi connectivity index (χ1) is 5.62. The van der Waals surface area contributed by atoms with Crippen LogP contribution in [0, 0.1) is 5.41 Å². The van der Waals surface area contributed by atoms with Gasteiger partial charge in [0.25, 0.3) is 0 Å². The fourth-order valence-electron chi connectivity index (χ4n) is 1.69. The molecule has 0 amide bonds. The number of hydrogen-bond acceptors (Lipinski definition) is 2. The van der Waals surface area contributed by atoms with Gasteiger partial charge in [-0.3, -0.25) is 4.79 Å². The number of piperidine rings is 1. The summed E-state index contributed by atoms with van der Waals surface area (Å²) < 4.78 is 0. The molecule has 0 aromatic heterocycles. The topological polar surface area (TPSA) is 49.3 Å². The minimum absolute atomic E-state index is 0.267. The maximum Gasteiger partial charge on any atom is 0.303 e. The normalized spacial score (nSPS) is 22.1. The maximum absolute atomic E-state index is 10.4. The SMILES string of the molecule is CC1(CCC(=O)O)CCNCC1. The van der Waals surface area contributed by atoms with Crippen molar-refractivity contribution in [3.8, 4) is 0 Å². The molecule has 0 spiro atoms. The highest BCUT2D eigenvalue weighted by Gasteiger charge is 2.26. The van der Waals surface area contributed by atoms with Crippen LogP contribution in [0.25, 0.3) is 0 Å². The Bertz CT molecular complexity index is 162. The van der Waals surface area contributed by atoms with E-state index >= 15 is 0 Å². The van der Waals surface area contributed by atoms with Gasteiger partial charge in [-0.2, -0.15) is 0 Å². The predicted octanol–water partition coefficient (Wildman–Crippen LogP) is 1.24. The van der Waals surface area contributed by atoms with Gasteiger partial charge in [0.1, 0.15) is 0 Å². The zero-order chi connectivity index (χ0) is 9.03. The van der Waals surface area contributed by atoms with Crippen molar-refractivity contribution >= 4 is 5.97 Å². The first-order valence-corrected chi connectivity index (χ1v) is 4.55. The van der Waals surface area contributed by atoms with Gasteiger partial charge in [-0.1, -0.05) is 6.92 Å². The summed E-state index contributed by atoms with van der Waals surface area (Å²) in [7, 11) is 0. The van der Waals surface area contributed by atoms with Crippen LogP contribution in [-0.2, 0) is 4.79 Å². The van der Waals surface area contributed by atoms with Crippen LogP contribution in [0.4, 0.5) is 0 Å². The first-order valence-electron chi connectivity index (χ1n) is 4.55. The molecule has 3 heteroatoms. The second-order valence-electron chi connectivity index (χ2n) is 3.95. The molecule has 1 saturated heterocycles. The molecule has 1 aliphatic rings. The number of aliphatic carboxylic acids is 1. The lowest BCUT2D eigenvalue weighted by Gasteiger charge is -2.33. The van der Waals surface area contributed by atoms with E-state index in [1.807, 2.05) is 0 Å². The van der Waals surface area contributed by atoms with Gasteiger partial charge in [0.15, 0.2) is 0 Å². The summed E-state index contributed by atoms with van der Waals surface area (Å²) in [4.78, 5) is 10.4. The fourth-order valence-corrected chi connectivity index (χ4v) is 1.69. The highest BCUT2D eigenvalue weighted by molar-refractivity contribution is 5.66. The van der Waals surface area contributed by atoms with Gasteiger partial charge in [0.05, 0.1) is 0 Å². The van der Waals surface area contributed by atoms with E-state index in [0.717, 1.165) is 32.4 Å². The molecule has 1 aliphatic heterocycles. The maximum atomic E-state index is 10.4. The number of hydrogen-bond donors (Lipinski definition) is 2. The van der Waals surface area contributed by atoms with Gasteiger partial charge in [-0.05, 0) is 37.8 Å². The first kappa shape index (κ1) is 9.52. The van der Waals surface area contributed by atoms with E-state index < -0.39 is 5.97 Å². The quantitative estimate of drug-likeness (QED) is 0.671. The zero-order valence-corrected chi connectivity index (χ0v) is 7.60.